The molecule has 0 aromatic rings. The fraction of sp³-hybridized carbons (Fsp3) is 0.852. The fourth-order valence-electron chi connectivity index (χ4n) is 17.1. The summed E-state index contributed by atoms with van der Waals surface area (Å²) < 4.78 is 12.3. The van der Waals surface area contributed by atoms with Crippen molar-refractivity contribution in [2.75, 3.05) is 0 Å². The molecule has 0 aliphatic heterocycles. The molecule has 0 radical (unpaired) electrons. The molecule has 0 heterocycles. The predicted molar refractivity (Wildman–Crippen MR) is 236 cm³/mol. The molecular weight excluding hydrogens is 745 g/mol. The van der Waals surface area contributed by atoms with E-state index in [1.165, 1.54) is 114 Å². The van der Waals surface area contributed by atoms with Gasteiger partial charge in [0.1, 0.15) is 12.2 Å². The van der Waals surface area contributed by atoms with Crippen LogP contribution < -0.4 is 0 Å². The van der Waals surface area contributed by atoms with Crippen LogP contribution in [-0.2, 0) is 28.7 Å². The van der Waals surface area contributed by atoms with Crippen LogP contribution in [0.25, 0.3) is 0 Å². The van der Waals surface area contributed by atoms with E-state index in [-0.39, 0.29) is 45.8 Å². The first kappa shape index (κ1) is 43.0. The van der Waals surface area contributed by atoms with Gasteiger partial charge in [-0.25, -0.2) is 0 Å². The van der Waals surface area contributed by atoms with Gasteiger partial charge < -0.3 is 9.47 Å². The summed E-state index contributed by atoms with van der Waals surface area (Å²) in [7, 11) is 0. The smallest absolute Gasteiger partial charge is 0.306 e. The van der Waals surface area contributed by atoms with E-state index in [9.17, 15) is 19.2 Å². The highest BCUT2D eigenvalue weighted by molar-refractivity contribution is 5.92. The molecule has 0 saturated heterocycles. The van der Waals surface area contributed by atoms with Gasteiger partial charge in [-0.05, 0) is 173 Å². The summed E-state index contributed by atoms with van der Waals surface area (Å²) in [6, 6.07) is 0. The maximum atomic E-state index is 12.7. The van der Waals surface area contributed by atoms with E-state index in [0.717, 1.165) is 87.9 Å². The van der Waals surface area contributed by atoms with E-state index in [2.05, 4.69) is 27.7 Å². The molecular formula is C54H80O6. The third kappa shape index (κ3) is 7.87. The molecule has 10 aliphatic carbocycles. The molecule has 0 spiro atoms. The number of ether oxygens (including phenoxy) is 2. The van der Waals surface area contributed by atoms with Crippen LogP contribution in [0, 0.1) is 69.0 Å². The third-order valence-electron chi connectivity index (χ3n) is 20.8. The molecule has 8 saturated carbocycles. The second-order valence-corrected chi connectivity index (χ2v) is 23.5. The molecule has 12 atom stereocenters. The zero-order valence-electron chi connectivity index (χ0n) is 38.2. The summed E-state index contributed by atoms with van der Waals surface area (Å²) in [5.41, 5.74) is 3.66. The lowest BCUT2D eigenvalue weighted by Gasteiger charge is -2.57. The van der Waals surface area contributed by atoms with E-state index in [0.29, 0.717) is 48.1 Å². The molecule has 10 aliphatic rings. The summed E-state index contributed by atoms with van der Waals surface area (Å²) in [6.07, 6.45) is 35.7. The van der Waals surface area contributed by atoms with Crippen molar-refractivity contribution in [2.24, 2.45) is 69.0 Å². The summed E-state index contributed by atoms with van der Waals surface area (Å²) >= 11 is 0. The van der Waals surface area contributed by atoms with E-state index >= 15 is 0 Å². The Morgan fingerprint density at radius 1 is 0.500 bits per heavy atom. The Morgan fingerprint density at radius 3 is 1.30 bits per heavy atom. The summed E-state index contributed by atoms with van der Waals surface area (Å²) in [5, 5.41) is 0. The summed E-state index contributed by atoms with van der Waals surface area (Å²) in [6.45, 7) is 9.74. The summed E-state index contributed by atoms with van der Waals surface area (Å²) in [5.74, 6) is 6.56. The van der Waals surface area contributed by atoms with E-state index in [1.807, 2.05) is 12.2 Å². The van der Waals surface area contributed by atoms with Crippen LogP contribution in [-0.4, -0.2) is 35.7 Å². The zero-order chi connectivity index (χ0) is 41.9. The lowest BCUT2D eigenvalue weighted by Crippen LogP contribution is -2.51. The van der Waals surface area contributed by atoms with Gasteiger partial charge in [0.25, 0.3) is 0 Å². The highest BCUT2D eigenvalue weighted by Crippen LogP contribution is 2.67. The molecule has 0 amide bonds. The monoisotopic (exact) mass is 825 g/mol. The molecule has 8 fully saturated rings. The van der Waals surface area contributed by atoms with E-state index in [4.69, 9.17) is 9.47 Å². The molecule has 0 N–H and O–H groups in total. The van der Waals surface area contributed by atoms with Crippen molar-refractivity contribution in [3.63, 3.8) is 0 Å². The number of carbonyl (C=O) groups is 4. The Kier molecular flexibility index (Phi) is 12.2. The third-order valence-corrected chi connectivity index (χ3v) is 20.8. The minimum absolute atomic E-state index is 0.0579. The van der Waals surface area contributed by atoms with Gasteiger partial charge in [-0.3, -0.25) is 19.2 Å². The van der Waals surface area contributed by atoms with Crippen molar-refractivity contribution in [1.29, 1.82) is 0 Å². The summed E-state index contributed by atoms with van der Waals surface area (Å²) in [4.78, 5) is 49.4. The molecule has 0 bridgehead atoms. The lowest BCUT2D eigenvalue weighted by atomic mass is 9.47. The molecule has 10 rings (SSSR count). The number of esters is 2. The molecule has 0 aromatic carbocycles. The molecule has 6 nitrogen and oxygen atoms in total. The standard InChI is InChI=1S/2C27H40O3/c2*1-26-15-13-20(28)17-19(26)8-9-21-22-10-11-24(27(22,2)16-14-23(21)26)30-25(29)12-7-18-5-3-4-6-18/h2*17-18,21-24H,3-16H2,1-2H3/t2*21-,22-,23-,24-,26-,27-/m00/s1. The van der Waals surface area contributed by atoms with Gasteiger partial charge in [-0.2, -0.15) is 0 Å². The van der Waals surface area contributed by atoms with E-state index < -0.39 is 0 Å². The van der Waals surface area contributed by atoms with Gasteiger partial charge in [-0.1, -0.05) is 90.2 Å². The zero-order valence-corrected chi connectivity index (χ0v) is 38.2. The first-order valence-corrected chi connectivity index (χ1v) is 25.7. The topological polar surface area (TPSA) is 86.7 Å². The largest absolute Gasteiger partial charge is 0.462 e. The van der Waals surface area contributed by atoms with Crippen LogP contribution in [0.5, 0.6) is 0 Å². The molecule has 6 heteroatoms. The number of ketones is 2. The Labute approximate surface area is 363 Å². The SMILES string of the molecule is C[C@]12CC[C@H]3[C@@H](CCC4=CC(=O)CC[C@@]43C)[C@@H]1CC[C@@H]2OC(=O)CCC1CCCC1.C[C@]12CC[C@H]3[C@@H](CCC4=CC(=O)CC[C@@]43C)[C@@H]1CC[C@@H]2OC(=O)CCC1CCCC1. The van der Waals surface area contributed by atoms with Crippen LogP contribution in [0.3, 0.4) is 0 Å². The predicted octanol–water partition coefficient (Wildman–Crippen LogP) is 12.8. The molecule has 0 aromatic heterocycles. The van der Waals surface area contributed by atoms with Gasteiger partial charge >= 0.3 is 11.9 Å². The van der Waals surface area contributed by atoms with E-state index in [1.54, 1.807) is 0 Å². The molecule has 60 heavy (non-hydrogen) atoms. The number of rotatable bonds is 8. The average Bonchev–Trinajstić information content (AvgIpc) is 4.06. The van der Waals surface area contributed by atoms with Crippen molar-refractivity contribution < 1.29 is 28.7 Å². The highest BCUT2D eigenvalue weighted by atomic mass is 16.5. The van der Waals surface area contributed by atoms with Gasteiger partial charge in [0.05, 0.1) is 0 Å². The van der Waals surface area contributed by atoms with Crippen LogP contribution in [0.4, 0.5) is 0 Å². The van der Waals surface area contributed by atoms with Gasteiger partial charge in [0.2, 0.25) is 0 Å². The van der Waals surface area contributed by atoms with Gasteiger partial charge in [0, 0.05) is 36.5 Å². The Morgan fingerprint density at radius 2 is 0.900 bits per heavy atom. The number of hydrogen-bond acceptors (Lipinski definition) is 6. The fourth-order valence-corrected chi connectivity index (χ4v) is 17.1. The number of fused-ring (bicyclic) bond motifs is 10. The van der Waals surface area contributed by atoms with Crippen LogP contribution >= 0.6 is 0 Å². The van der Waals surface area contributed by atoms with Crippen molar-refractivity contribution in [3.05, 3.63) is 23.3 Å². The maximum absolute atomic E-state index is 12.7. The van der Waals surface area contributed by atoms with Crippen LogP contribution in [0.1, 0.15) is 207 Å². The Bertz CT molecular complexity index is 1590. The number of hydrogen-bond donors (Lipinski definition) is 0. The lowest BCUT2D eigenvalue weighted by molar-refractivity contribution is -0.161. The first-order valence-electron chi connectivity index (χ1n) is 25.7. The second-order valence-electron chi connectivity index (χ2n) is 23.5. The van der Waals surface area contributed by atoms with Gasteiger partial charge in [0.15, 0.2) is 11.6 Å². The minimum atomic E-state index is 0.0579. The van der Waals surface area contributed by atoms with Gasteiger partial charge in [-0.15, -0.1) is 0 Å². The number of allylic oxidation sites excluding steroid dienone is 2. The minimum Gasteiger partial charge on any atom is -0.462 e. The maximum Gasteiger partial charge on any atom is 0.306 e. The second kappa shape index (κ2) is 17.0. The van der Waals surface area contributed by atoms with Crippen molar-refractivity contribution in [1.82, 2.24) is 0 Å². The molecule has 0 unspecified atom stereocenters. The first-order chi connectivity index (χ1) is 28.8. The van der Waals surface area contributed by atoms with Crippen molar-refractivity contribution >= 4 is 23.5 Å². The Balaban J connectivity index is 0.000000154. The molecule has 332 valence electrons. The number of carbonyl (C=O) groups excluding carboxylic acids is 4. The van der Waals surface area contributed by atoms with Crippen LogP contribution in [0.2, 0.25) is 0 Å². The van der Waals surface area contributed by atoms with Crippen molar-refractivity contribution in [3.8, 4) is 0 Å². The normalized spacial score (nSPS) is 43.5. The van der Waals surface area contributed by atoms with Crippen molar-refractivity contribution in [2.45, 2.75) is 220 Å². The highest BCUT2D eigenvalue weighted by Gasteiger charge is 2.61. The Hall–Kier alpha value is -2.24. The average molecular weight is 825 g/mol. The quantitative estimate of drug-likeness (QED) is 0.227. The van der Waals surface area contributed by atoms with Crippen LogP contribution in [0.15, 0.2) is 23.3 Å².